The molecular formula is C44H41F3N8O5S. The zero-order valence-electron chi connectivity index (χ0n) is 32.9. The number of piperidine rings is 1. The average molecular weight is 851 g/mol. The quantitative estimate of drug-likeness (QED) is 0.156. The summed E-state index contributed by atoms with van der Waals surface area (Å²) in [6.45, 7) is 8.34. The van der Waals surface area contributed by atoms with E-state index in [1.54, 1.807) is 17.2 Å². The topological polar surface area (TPSA) is 151 Å². The Bertz CT molecular complexity index is 2780. The lowest BCUT2D eigenvalue weighted by atomic mass is 9.72. The number of hydrogen-bond donors (Lipinski definition) is 3. The molecule has 13 nitrogen and oxygen atoms in total. The summed E-state index contributed by atoms with van der Waals surface area (Å²) in [4.78, 5) is 53.2. The Morgan fingerprint density at radius 1 is 0.984 bits per heavy atom. The van der Waals surface area contributed by atoms with Gasteiger partial charge in [0.05, 0.1) is 11.3 Å². The fourth-order valence-electron chi connectivity index (χ4n) is 9.49. The van der Waals surface area contributed by atoms with Gasteiger partial charge >= 0.3 is 10.2 Å². The van der Waals surface area contributed by atoms with Gasteiger partial charge in [0, 0.05) is 104 Å². The first kappa shape index (κ1) is 39.1. The normalized spacial score (nSPS) is 21.5. The molecule has 10 rings (SSSR count). The Labute approximate surface area is 349 Å². The van der Waals surface area contributed by atoms with Crippen molar-refractivity contribution < 1.29 is 36.0 Å². The minimum Gasteiger partial charge on any atom is -0.370 e. The maximum absolute atomic E-state index is 15.7. The summed E-state index contributed by atoms with van der Waals surface area (Å²) >= 11 is 0. The minimum atomic E-state index is -4.35. The van der Waals surface area contributed by atoms with E-state index in [0.717, 1.165) is 71.5 Å². The third kappa shape index (κ3) is 6.93. The van der Waals surface area contributed by atoms with Crippen molar-refractivity contribution >= 4 is 50.2 Å². The molecule has 2 aromatic heterocycles. The van der Waals surface area contributed by atoms with E-state index in [1.165, 1.54) is 6.20 Å². The number of rotatable bonds is 10. The van der Waals surface area contributed by atoms with Crippen LogP contribution in [0.3, 0.4) is 0 Å². The van der Waals surface area contributed by atoms with Gasteiger partial charge in [0.1, 0.15) is 23.7 Å². The SMILES string of the molecule is C=C1CCC(N2Cc3cc(N4CC5(CN(Cc6ccc(-c7cnc8[nH]cc(C(=O)c9c(F)ccc(NS(=O)(=O)N%10CC[C@@H](F)C%10)c9F)c8c7)cc6)C5)C4)ccc3C2=O)C(=O)N1. The van der Waals surface area contributed by atoms with E-state index >= 15 is 8.78 Å². The van der Waals surface area contributed by atoms with Gasteiger partial charge < -0.3 is 20.1 Å². The van der Waals surface area contributed by atoms with Crippen LogP contribution in [0.4, 0.5) is 24.5 Å². The first-order valence-electron chi connectivity index (χ1n) is 20.2. The molecule has 2 atom stereocenters. The molecular weight excluding hydrogens is 810 g/mol. The van der Waals surface area contributed by atoms with Crippen LogP contribution in [0.25, 0.3) is 22.2 Å². The minimum absolute atomic E-state index is 0.00453. The molecule has 61 heavy (non-hydrogen) atoms. The number of hydrogen-bond acceptors (Lipinski definition) is 8. The second-order valence-corrected chi connectivity index (χ2v) is 18.6. The molecule has 4 fully saturated rings. The lowest BCUT2D eigenvalue weighted by Gasteiger charge is -2.61. The molecule has 314 valence electrons. The number of H-pyrrole nitrogens is 1. The molecule has 5 aliphatic heterocycles. The van der Waals surface area contributed by atoms with Gasteiger partial charge in [-0.3, -0.25) is 24.0 Å². The molecule has 5 aliphatic rings. The van der Waals surface area contributed by atoms with Crippen molar-refractivity contribution in [1.29, 1.82) is 0 Å². The van der Waals surface area contributed by atoms with E-state index in [1.807, 2.05) is 41.1 Å². The van der Waals surface area contributed by atoms with Crippen molar-refractivity contribution in [1.82, 2.24) is 29.4 Å². The Morgan fingerprint density at radius 2 is 1.77 bits per heavy atom. The number of amides is 2. The second kappa shape index (κ2) is 14.6. The highest BCUT2D eigenvalue weighted by molar-refractivity contribution is 7.90. The maximum Gasteiger partial charge on any atom is 0.301 e. The molecule has 0 aliphatic carbocycles. The molecule has 0 bridgehead atoms. The van der Waals surface area contributed by atoms with Crippen LogP contribution in [0.1, 0.15) is 56.7 Å². The summed E-state index contributed by atoms with van der Waals surface area (Å²) in [5.41, 5.74) is 4.95. The second-order valence-electron chi connectivity index (χ2n) is 16.9. The summed E-state index contributed by atoms with van der Waals surface area (Å²) in [5, 5.41) is 3.12. The molecule has 4 saturated heterocycles. The predicted octanol–water partition coefficient (Wildman–Crippen LogP) is 5.51. The van der Waals surface area contributed by atoms with E-state index in [-0.39, 0.29) is 42.3 Å². The van der Waals surface area contributed by atoms with E-state index in [2.05, 4.69) is 37.7 Å². The highest BCUT2D eigenvalue weighted by atomic mass is 32.2. The molecule has 1 spiro atoms. The van der Waals surface area contributed by atoms with Crippen LogP contribution in [0.15, 0.2) is 85.3 Å². The number of benzene rings is 3. The van der Waals surface area contributed by atoms with Crippen LogP contribution in [0.2, 0.25) is 0 Å². The number of nitrogens with zero attached hydrogens (tertiary/aromatic N) is 5. The van der Waals surface area contributed by atoms with Gasteiger partial charge in [-0.15, -0.1) is 0 Å². The predicted molar refractivity (Wildman–Crippen MR) is 221 cm³/mol. The number of fused-ring (bicyclic) bond motifs is 2. The summed E-state index contributed by atoms with van der Waals surface area (Å²) in [5.74, 6) is -3.83. The number of aromatic nitrogens is 2. The van der Waals surface area contributed by atoms with Gasteiger partial charge in [-0.1, -0.05) is 30.8 Å². The van der Waals surface area contributed by atoms with Crippen LogP contribution in [-0.2, 0) is 28.1 Å². The van der Waals surface area contributed by atoms with Crippen LogP contribution in [-0.4, -0.2) is 102 Å². The van der Waals surface area contributed by atoms with Gasteiger partial charge in [-0.25, -0.2) is 18.2 Å². The lowest BCUT2D eigenvalue weighted by molar-refractivity contribution is -0.126. The number of halogens is 3. The number of carbonyl (C=O) groups is 3. The van der Waals surface area contributed by atoms with Crippen LogP contribution in [0.5, 0.6) is 0 Å². The maximum atomic E-state index is 15.7. The van der Waals surface area contributed by atoms with Crippen LogP contribution in [0, 0.1) is 17.0 Å². The van der Waals surface area contributed by atoms with Gasteiger partial charge in [-0.05, 0) is 72.4 Å². The highest BCUT2D eigenvalue weighted by Crippen LogP contribution is 2.43. The van der Waals surface area contributed by atoms with Crippen molar-refractivity contribution in [2.75, 3.05) is 48.9 Å². The van der Waals surface area contributed by atoms with E-state index in [4.69, 9.17) is 0 Å². The Kier molecular flexibility index (Phi) is 9.34. The molecule has 3 aromatic carbocycles. The van der Waals surface area contributed by atoms with Gasteiger partial charge in [0.15, 0.2) is 5.82 Å². The van der Waals surface area contributed by atoms with Crippen molar-refractivity contribution in [3.63, 3.8) is 0 Å². The highest BCUT2D eigenvalue weighted by Gasteiger charge is 2.51. The largest absolute Gasteiger partial charge is 0.370 e. The number of carbonyl (C=O) groups excluding carboxylic acids is 3. The summed E-state index contributed by atoms with van der Waals surface area (Å²) < 4.78 is 72.9. The van der Waals surface area contributed by atoms with Crippen molar-refractivity contribution in [2.45, 2.75) is 44.6 Å². The van der Waals surface area contributed by atoms with Gasteiger partial charge in [-0.2, -0.15) is 12.7 Å². The van der Waals surface area contributed by atoms with Crippen LogP contribution < -0.4 is 14.9 Å². The first-order chi connectivity index (χ1) is 29.2. The number of aromatic amines is 1. The number of alkyl halides is 1. The zero-order valence-corrected chi connectivity index (χ0v) is 33.7. The Balaban J connectivity index is 0.765. The first-order valence-corrected chi connectivity index (χ1v) is 21.6. The monoisotopic (exact) mass is 850 g/mol. The van der Waals surface area contributed by atoms with E-state index < -0.39 is 51.1 Å². The fraction of sp³-hybridized carbons (Fsp3) is 0.318. The third-order valence-electron chi connectivity index (χ3n) is 12.6. The van der Waals surface area contributed by atoms with Crippen LogP contribution >= 0.6 is 0 Å². The van der Waals surface area contributed by atoms with E-state index in [0.29, 0.717) is 47.2 Å². The number of allylic oxidation sites excluding steroid dienone is 1. The number of nitrogens with one attached hydrogen (secondary N) is 3. The number of ketones is 1. The van der Waals surface area contributed by atoms with E-state index in [9.17, 15) is 27.2 Å². The average Bonchev–Trinajstić information content (AvgIpc) is 3.93. The summed E-state index contributed by atoms with van der Waals surface area (Å²) in [6, 6.07) is 16.9. The number of anilines is 2. The molecule has 1 unspecified atom stereocenters. The summed E-state index contributed by atoms with van der Waals surface area (Å²) in [7, 11) is -4.35. The van der Waals surface area contributed by atoms with Crippen molar-refractivity contribution in [3.8, 4) is 11.1 Å². The molecule has 0 radical (unpaired) electrons. The Morgan fingerprint density at radius 3 is 2.51 bits per heavy atom. The molecule has 0 saturated carbocycles. The molecule has 5 aromatic rings. The molecule has 7 heterocycles. The summed E-state index contributed by atoms with van der Waals surface area (Å²) in [6.07, 6.45) is 2.85. The standard InChI is InChI=1S/C44H41F3N8O5S/c1-25-2-11-37(42(57)50-25)55-19-29-14-31(7-8-32(29)43(55)58)53-23-44(24-53)21-52(22-44)18-26-3-5-27(6-4-26)28-15-33-34(17-49-41(33)48-16-28)40(56)38-35(46)9-10-36(39(38)47)51-61(59,60)54-13-12-30(45)20-54/h3-10,14-17,30,37,51H,1-2,11-13,18-24H2,(H,48,49)(H,50,57)/t30-,37?/m1/s1. The lowest BCUT2D eigenvalue weighted by Crippen LogP contribution is -2.71. The van der Waals surface area contributed by atoms with Crippen molar-refractivity contribution in [2.24, 2.45) is 5.41 Å². The van der Waals surface area contributed by atoms with Gasteiger partial charge in [0.25, 0.3) is 5.91 Å². The molecule has 2 amide bonds. The smallest absolute Gasteiger partial charge is 0.301 e. The van der Waals surface area contributed by atoms with Crippen molar-refractivity contribution in [3.05, 3.63) is 125 Å². The van der Waals surface area contributed by atoms with Gasteiger partial charge in [0.2, 0.25) is 11.7 Å². The Hall–Kier alpha value is -6.04. The number of likely N-dealkylation sites (tertiary alicyclic amines) is 1. The number of pyridine rings is 1. The zero-order chi connectivity index (χ0) is 42.4. The molecule has 17 heteroatoms. The molecule has 3 N–H and O–H groups in total. The third-order valence-corrected chi connectivity index (χ3v) is 14.1. The fourth-order valence-corrected chi connectivity index (χ4v) is 10.8.